The van der Waals surface area contributed by atoms with Crippen molar-refractivity contribution in [3.05, 3.63) is 109 Å². The lowest BCUT2D eigenvalue weighted by molar-refractivity contribution is -0.136. The third kappa shape index (κ3) is 9.47. The molecule has 9 rings (SSSR count). The van der Waals surface area contributed by atoms with E-state index in [0.717, 1.165) is 75.2 Å². The van der Waals surface area contributed by atoms with Crippen molar-refractivity contribution >= 4 is 34.8 Å². The van der Waals surface area contributed by atoms with Crippen molar-refractivity contribution in [3.63, 3.8) is 0 Å². The molecular weight excluding hydrogens is 849 g/mol. The van der Waals surface area contributed by atoms with E-state index in [-0.39, 0.29) is 47.1 Å². The third-order valence-electron chi connectivity index (χ3n) is 13.8. The average molecular weight is 907 g/mol. The van der Waals surface area contributed by atoms with Crippen LogP contribution in [0.5, 0.6) is 0 Å². The van der Waals surface area contributed by atoms with E-state index >= 15 is 0 Å². The summed E-state index contributed by atoms with van der Waals surface area (Å²) in [5.74, 6) is 0.970. The average Bonchev–Trinajstić information content (AvgIpc) is 3.83. The SMILES string of the molecule is COC(=O)N[C@H](C(=O)N1C[C@@H](Cc2cnccn2)C[C@H]1c1ncc(-c2ccc(-c3ccc4cc(-c5cnc([C@@H]6CC7(CC7)CN6C(=O)[C@@H](NC(=O)OC)C(C)C)[nH]5)ccc4c3)cc2)[nH]1)C(C)C. The van der Waals surface area contributed by atoms with Crippen molar-refractivity contribution in [2.75, 3.05) is 27.3 Å². The van der Waals surface area contributed by atoms with Crippen molar-refractivity contribution in [1.82, 2.24) is 50.3 Å². The molecule has 3 aromatic carbocycles. The number of nitrogens with zero attached hydrogens (tertiary/aromatic N) is 6. The molecule has 1 saturated carbocycles. The van der Waals surface area contributed by atoms with Crippen LogP contribution in [0.25, 0.3) is 44.4 Å². The molecule has 4 N–H and O–H groups in total. The van der Waals surface area contributed by atoms with Crippen LogP contribution in [0.15, 0.2) is 91.6 Å². The molecule has 2 saturated heterocycles. The molecule has 6 aromatic rings. The molecule has 4 amide bonds. The summed E-state index contributed by atoms with van der Waals surface area (Å²) >= 11 is 0. The minimum Gasteiger partial charge on any atom is -0.453 e. The number of aromatic amines is 2. The number of carbonyl (C=O) groups excluding carboxylic acids is 4. The molecule has 5 heterocycles. The first-order chi connectivity index (χ1) is 32.3. The number of nitrogens with one attached hydrogen (secondary N) is 4. The van der Waals surface area contributed by atoms with Crippen LogP contribution in [0, 0.1) is 23.2 Å². The molecule has 5 atom stereocenters. The van der Waals surface area contributed by atoms with Gasteiger partial charge in [0.2, 0.25) is 11.8 Å². The highest BCUT2D eigenvalue weighted by Crippen LogP contribution is 2.58. The van der Waals surface area contributed by atoms with Crippen LogP contribution >= 0.6 is 0 Å². The third-order valence-corrected chi connectivity index (χ3v) is 13.8. The fourth-order valence-corrected chi connectivity index (χ4v) is 9.87. The zero-order valence-corrected chi connectivity index (χ0v) is 38.8. The zero-order valence-electron chi connectivity index (χ0n) is 38.8. The Kier molecular flexibility index (Phi) is 12.5. The molecule has 16 nitrogen and oxygen atoms in total. The molecule has 0 unspecified atom stereocenters. The maximum absolute atomic E-state index is 14.1. The van der Waals surface area contributed by atoms with Gasteiger partial charge in [-0.2, -0.15) is 0 Å². The Labute approximate surface area is 389 Å². The molecule has 16 heteroatoms. The number of benzene rings is 3. The van der Waals surface area contributed by atoms with E-state index in [1.54, 1.807) is 18.6 Å². The monoisotopic (exact) mass is 906 g/mol. The molecule has 3 aromatic heterocycles. The number of hydrogen-bond acceptors (Lipinski definition) is 10. The molecule has 0 bridgehead atoms. The lowest BCUT2D eigenvalue weighted by atomic mass is 9.98. The van der Waals surface area contributed by atoms with E-state index in [2.05, 4.69) is 91.2 Å². The Balaban J connectivity index is 0.898. The van der Waals surface area contributed by atoms with Gasteiger partial charge in [-0.05, 0) is 94.9 Å². The highest BCUT2D eigenvalue weighted by molar-refractivity contribution is 5.91. The van der Waals surface area contributed by atoms with Gasteiger partial charge in [-0.3, -0.25) is 19.6 Å². The first kappa shape index (κ1) is 45.1. The summed E-state index contributed by atoms with van der Waals surface area (Å²) in [4.78, 5) is 81.6. The van der Waals surface area contributed by atoms with Crippen LogP contribution in [0.2, 0.25) is 0 Å². The predicted molar refractivity (Wildman–Crippen MR) is 252 cm³/mol. The van der Waals surface area contributed by atoms with Crippen molar-refractivity contribution in [2.24, 2.45) is 23.2 Å². The van der Waals surface area contributed by atoms with Gasteiger partial charge < -0.3 is 39.9 Å². The number of hydrogen-bond donors (Lipinski definition) is 4. The Morgan fingerprint density at radius 3 is 1.82 bits per heavy atom. The minimum atomic E-state index is -0.764. The number of likely N-dealkylation sites (tertiary alicyclic amines) is 2. The van der Waals surface area contributed by atoms with Gasteiger partial charge in [-0.1, -0.05) is 76.2 Å². The number of amides is 4. The summed E-state index contributed by atoms with van der Waals surface area (Å²) in [5, 5.41) is 7.68. The van der Waals surface area contributed by atoms with Gasteiger partial charge in [0.05, 0.1) is 55.8 Å². The zero-order chi connectivity index (χ0) is 47.0. The van der Waals surface area contributed by atoms with Crippen LogP contribution in [0.4, 0.5) is 9.59 Å². The second-order valence-electron chi connectivity index (χ2n) is 19.1. The van der Waals surface area contributed by atoms with E-state index < -0.39 is 24.3 Å². The van der Waals surface area contributed by atoms with E-state index in [9.17, 15) is 19.2 Å². The van der Waals surface area contributed by atoms with Gasteiger partial charge >= 0.3 is 12.2 Å². The lowest BCUT2D eigenvalue weighted by Gasteiger charge is -2.30. The van der Waals surface area contributed by atoms with Crippen LogP contribution < -0.4 is 10.6 Å². The Hall–Kier alpha value is -7.10. The second kappa shape index (κ2) is 18.6. The van der Waals surface area contributed by atoms with Gasteiger partial charge in [0.1, 0.15) is 23.7 Å². The molecule has 1 aliphatic carbocycles. The van der Waals surface area contributed by atoms with E-state index in [4.69, 9.17) is 19.4 Å². The van der Waals surface area contributed by atoms with Gasteiger partial charge in [-0.15, -0.1) is 0 Å². The first-order valence-corrected chi connectivity index (χ1v) is 23.1. The molecular formula is C51H58N10O6. The Bertz CT molecular complexity index is 2770. The molecule has 348 valence electrons. The summed E-state index contributed by atoms with van der Waals surface area (Å²) < 4.78 is 9.68. The maximum Gasteiger partial charge on any atom is 0.407 e. The molecule has 2 aliphatic heterocycles. The van der Waals surface area contributed by atoms with Crippen molar-refractivity contribution in [1.29, 1.82) is 0 Å². The number of imidazole rings is 2. The molecule has 67 heavy (non-hydrogen) atoms. The maximum atomic E-state index is 14.1. The lowest BCUT2D eigenvalue weighted by Crippen LogP contribution is -2.51. The van der Waals surface area contributed by atoms with Crippen molar-refractivity contribution in [2.45, 2.75) is 84.0 Å². The predicted octanol–water partition coefficient (Wildman–Crippen LogP) is 8.02. The van der Waals surface area contributed by atoms with E-state index in [1.165, 1.54) is 14.2 Å². The fourth-order valence-electron chi connectivity index (χ4n) is 9.87. The summed E-state index contributed by atoms with van der Waals surface area (Å²) in [6.45, 7) is 8.78. The summed E-state index contributed by atoms with van der Waals surface area (Å²) in [6, 6.07) is 19.1. The smallest absolute Gasteiger partial charge is 0.407 e. The number of H-pyrrole nitrogens is 2. The molecule has 3 fully saturated rings. The number of rotatable bonds is 13. The Morgan fingerprint density at radius 1 is 0.687 bits per heavy atom. The number of aromatic nitrogens is 6. The standard InChI is InChI=1S/C51H58N10O6/c1-29(2)43(58-49(64)66-5)47(62)60-27-31(19-38-24-52-17-18-53-38)20-41(60)45-54-25-39(56-45)33-9-7-32(8-10-33)34-11-12-36-22-37(14-13-35(36)21-34)40-26-55-46(57-40)42-23-51(15-16-51)28-61(42)48(63)44(30(3)4)59-50(65)67-6/h7-14,17-18,21-22,24-26,29-31,41-44H,15-16,19-20,23,27-28H2,1-6H3,(H,54,56)(H,55,57)(H,58,64)(H,59,65)/t31-,41-,42-,43-,44-/m0/s1. The number of fused-ring (bicyclic) bond motifs is 1. The molecule has 1 spiro atoms. The van der Waals surface area contributed by atoms with Gasteiger partial charge in [0.15, 0.2) is 0 Å². The Morgan fingerprint density at radius 2 is 1.24 bits per heavy atom. The summed E-state index contributed by atoms with van der Waals surface area (Å²) in [7, 11) is 2.59. The summed E-state index contributed by atoms with van der Waals surface area (Å²) in [5.41, 5.74) is 6.78. The van der Waals surface area contributed by atoms with Gasteiger partial charge in [0, 0.05) is 37.2 Å². The quantitative estimate of drug-likeness (QED) is 0.0880. The fraction of sp³-hybridized carbons (Fsp3) is 0.412. The molecule has 0 radical (unpaired) electrons. The van der Waals surface area contributed by atoms with Crippen molar-refractivity contribution in [3.8, 4) is 33.6 Å². The molecule has 3 aliphatic rings. The number of alkyl carbamates (subject to hydrolysis) is 2. The highest BCUT2D eigenvalue weighted by atomic mass is 16.5. The van der Waals surface area contributed by atoms with E-state index in [1.807, 2.05) is 49.9 Å². The summed E-state index contributed by atoms with van der Waals surface area (Å²) in [6.07, 6.45) is 11.8. The number of ether oxygens (including phenoxy) is 2. The first-order valence-electron chi connectivity index (χ1n) is 23.1. The largest absolute Gasteiger partial charge is 0.453 e. The van der Waals surface area contributed by atoms with Gasteiger partial charge in [-0.25, -0.2) is 19.6 Å². The normalized spacial score (nSPS) is 19.5. The van der Waals surface area contributed by atoms with Crippen molar-refractivity contribution < 1.29 is 28.7 Å². The van der Waals surface area contributed by atoms with E-state index in [0.29, 0.717) is 31.8 Å². The second-order valence-corrected chi connectivity index (χ2v) is 19.1. The van der Waals surface area contributed by atoms with Crippen LogP contribution in [0.1, 0.15) is 82.8 Å². The van der Waals surface area contributed by atoms with Crippen LogP contribution in [-0.2, 0) is 25.5 Å². The topological polar surface area (TPSA) is 200 Å². The number of carbonyl (C=O) groups is 4. The highest BCUT2D eigenvalue weighted by Gasteiger charge is 2.55. The van der Waals surface area contributed by atoms with Crippen LogP contribution in [-0.4, -0.2) is 103 Å². The minimum absolute atomic E-state index is 0.111. The number of methoxy groups -OCH3 is 2. The van der Waals surface area contributed by atoms with Gasteiger partial charge in [0.25, 0.3) is 0 Å². The van der Waals surface area contributed by atoms with Crippen LogP contribution in [0.3, 0.4) is 0 Å².